The minimum Gasteiger partial charge on any atom is -0.481 e. The van der Waals surface area contributed by atoms with Crippen LogP contribution in [0.15, 0.2) is 0 Å². The molecule has 1 N–H and O–H groups in total. The molecule has 0 aromatic carbocycles. The molecule has 0 rings (SSSR count). The summed E-state index contributed by atoms with van der Waals surface area (Å²) < 4.78 is 6.06. The molecule has 0 spiro atoms. The van der Waals surface area contributed by atoms with E-state index in [0.29, 0.717) is 25.9 Å². The van der Waals surface area contributed by atoms with E-state index in [-0.39, 0.29) is 36.3 Å². The van der Waals surface area contributed by atoms with Crippen molar-refractivity contribution in [3.8, 4) is 0 Å². The lowest BCUT2D eigenvalue weighted by atomic mass is 9.93. The molecule has 7 heteroatoms. The van der Waals surface area contributed by atoms with E-state index in [4.69, 9.17) is 9.84 Å². The monoisotopic (exact) mass is 512 g/mol. The normalized spacial score (nSPS) is 12.3. The lowest BCUT2D eigenvalue weighted by Gasteiger charge is -2.29. The molecule has 0 bridgehead atoms. The number of unbranched alkanes of at least 4 members (excludes halogenated alkanes) is 9. The molecule has 0 aromatic heterocycles. The third-order valence-electron chi connectivity index (χ3n) is 6.80. The van der Waals surface area contributed by atoms with Crippen molar-refractivity contribution in [3.05, 3.63) is 0 Å². The summed E-state index contributed by atoms with van der Waals surface area (Å²) >= 11 is 0. The van der Waals surface area contributed by atoms with Crippen molar-refractivity contribution in [2.75, 3.05) is 33.8 Å². The van der Waals surface area contributed by atoms with Gasteiger partial charge < -0.3 is 19.1 Å². The number of ketones is 2. The van der Waals surface area contributed by atoms with Gasteiger partial charge in [-0.1, -0.05) is 44.9 Å². The molecule has 0 aliphatic heterocycles. The van der Waals surface area contributed by atoms with Crippen LogP contribution < -0.4 is 0 Å². The maximum Gasteiger partial charge on any atom is 0.309 e. The molecule has 0 amide bonds. The Hall–Kier alpha value is -1.76. The summed E-state index contributed by atoms with van der Waals surface area (Å²) in [6, 6.07) is 0. The Morgan fingerprint density at radius 3 is 1.83 bits per heavy atom. The van der Waals surface area contributed by atoms with Gasteiger partial charge in [0, 0.05) is 25.7 Å². The molecular weight excluding hydrogens is 458 g/mol. The molecule has 0 radical (unpaired) electrons. The van der Waals surface area contributed by atoms with E-state index in [1.807, 2.05) is 0 Å². The standard InChI is InChI=1S/C29H53NO6/c1-5-36-29(35)26(19-14-12-13-18-25(2)31)24-27(32)20-15-10-8-6-7-9-11-16-22-30(3,4)23-17-21-28(33)34/h26H,5-24H2,1-4H3/p+1. The van der Waals surface area contributed by atoms with Gasteiger partial charge in [0.2, 0.25) is 0 Å². The third-order valence-corrected chi connectivity index (χ3v) is 6.80. The molecular formula is C29H54NO6+. The van der Waals surface area contributed by atoms with Crippen LogP contribution in [0, 0.1) is 5.92 Å². The highest BCUT2D eigenvalue weighted by molar-refractivity contribution is 5.84. The fraction of sp³-hybridized carbons (Fsp3) is 0.862. The number of Topliss-reactive ketones (excluding diaryl/α,β-unsaturated/α-hetero) is 2. The lowest BCUT2D eigenvalue weighted by Crippen LogP contribution is -2.41. The van der Waals surface area contributed by atoms with E-state index >= 15 is 0 Å². The van der Waals surface area contributed by atoms with E-state index < -0.39 is 5.97 Å². The Labute approximate surface area is 219 Å². The molecule has 1 unspecified atom stereocenters. The molecule has 0 saturated carbocycles. The fourth-order valence-electron chi connectivity index (χ4n) is 4.57. The molecule has 0 aliphatic carbocycles. The van der Waals surface area contributed by atoms with Crippen molar-refractivity contribution >= 4 is 23.5 Å². The van der Waals surface area contributed by atoms with Crippen LogP contribution in [0.3, 0.4) is 0 Å². The maximum absolute atomic E-state index is 12.4. The average molecular weight is 513 g/mol. The number of carbonyl (C=O) groups excluding carboxylic acids is 3. The van der Waals surface area contributed by atoms with Crippen molar-refractivity contribution < 1.29 is 33.5 Å². The molecule has 0 aliphatic rings. The van der Waals surface area contributed by atoms with E-state index in [1.54, 1.807) is 13.8 Å². The zero-order valence-corrected chi connectivity index (χ0v) is 23.7. The van der Waals surface area contributed by atoms with Crippen LogP contribution in [0.2, 0.25) is 0 Å². The number of quaternary nitrogens is 1. The fourth-order valence-corrected chi connectivity index (χ4v) is 4.57. The minimum atomic E-state index is -0.714. The Morgan fingerprint density at radius 2 is 1.25 bits per heavy atom. The second-order valence-corrected chi connectivity index (χ2v) is 11.0. The first-order valence-electron chi connectivity index (χ1n) is 14.3. The van der Waals surface area contributed by atoms with Crippen molar-refractivity contribution in [1.29, 1.82) is 0 Å². The first-order valence-corrected chi connectivity index (χ1v) is 14.3. The highest BCUT2D eigenvalue weighted by atomic mass is 16.5. The third kappa shape index (κ3) is 21.5. The van der Waals surface area contributed by atoms with E-state index in [2.05, 4.69) is 14.1 Å². The molecule has 7 nitrogen and oxygen atoms in total. The van der Waals surface area contributed by atoms with Crippen molar-refractivity contribution in [2.45, 2.75) is 123 Å². The van der Waals surface area contributed by atoms with Gasteiger partial charge in [0.25, 0.3) is 0 Å². The Bertz CT molecular complexity index is 631. The number of carboxylic acid groups (broad SMARTS) is 1. The molecule has 0 saturated heterocycles. The zero-order valence-electron chi connectivity index (χ0n) is 23.7. The topological polar surface area (TPSA) is 97.7 Å². The van der Waals surface area contributed by atoms with Gasteiger partial charge in [-0.2, -0.15) is 0 Å². The van der Waals surface area contributed by atoms with Crippen molar-refractivity contribution in [2.24, 2.45) is 5.92 Å². The van der Waals surface area contributed by atoms with E-state index in [9.17, 15) is 19.2 Å². The lowest BCUT2D eigenvalue weighted by molar-refractivity contribution is -0.890. The van der Waals surface area contributed by atoms with Crippen molar-refractivity contribution in [3.63, 3.8) is 0 Å². The summed E-state index contributed by atoms with van der Waals surface area (Å²) in [6.07, 6.45) is 14.7. The number of hydrogen-bond acceptors (Lipinski definition) is 5. The SMILES string of the molecule is CCOC(=O)C(CCCCCC(C)=O)CC(=O)CCCCCCCCCC[N+](C)(C)CCCC(=O)O. The number of nitrogens with zero attached hydrogens (tertiary/aromatic N) is 1. The number of aliphatic carboxylic acids is 1. The summed E-state index contributed by atoms with van der Waals surface area (Å²) in [5.74, 6) is -0.984. The van der Waals surface area contributed by atoms with Crippen molar-refractivity contribution in [1.82, 2.24) is 0 Å². The van der Waals surface area contributed by atoms with Gasteiger partial charge in [0.15, 0.2) is 0 Å². The summed E-state index contributed by atoms with van der Waals surface area (Å²) in [5.41, 5.74) is 0. The highest BCUT2D eigenvalue weighted by Crippen LogP contribution is 2.19. The summed E-state index contributed by atoms with van der Waals surface area (Å²) in [7, 11) is 4.35. The number of carboxylic acids is 1. The Kier molecular flexibility index (Phi) is 20.3. The quantitative estimate of drug-likeness (QED) is 0.0899. The Morgan fingerprint density at radius 1 is 0.722 bits per heavy atom. The molecule has 36 heavy (non-hydrogen) atoms. The summed E-state index contributed by atoms with van der Waals surface area (Å²) in [5, 5.41) is 8.77. The van der Waals surface area contributed by atoms with Crippen LogP contribution in [0.25, 0.3) is 0 Å². The molecule has 210 valence electrons. The van der Waals surface area contributed by atoms with Crippen LogP contribution >= 0.6 is 0 Å². The van der Waals surface area contributed by atoms with Crippen LogP contribution in [0.1, 0.15) is 123 Å². The minimum absolute atomic E-state index is 0.154. The van der Waals surface area contributed by atoms with Crippen LogP contribution in [-0.2, 0) is 23.9 Å². The number of rotatable bonds is 25. The van der Waals surface area contributed by atoms with Crippen LogP contribution in [-0.4, -0.2) is 66.9 Å². The number of esters is 1. The van der Waals surface area contributed by atoms with E-state index in [1.165, 1.54) is 32.1 Å². The Balaban J connectivity index is 3.89. The predicted molar refractivity (Wildman–Crippen MR) is 144 cm³/mol. The summed E-state index contributed by atoms with van der Waals surface area (Å²) in [4.78, 5) is 46.4. The second-order valence-electron chi connectivity index (χ2n) is 11.0. The largest absolute Gasteiger partial charge is 0.481 e. The second kappa shape index (κ2) is 21.3. The summed E-state index contributed by atoms with van der Waals surface area (Å²) in [6.45, 7) is 5.71. The highest BCUT2D eigenvalue weighted by Gasteiger charge is 2.22. The first kappa shape index (κ1) is 34.2. The van der Waals surface area contributed by atoms with Gasteiger partial charge in [-0.15, -0.1) is 0 Å². The predicted octanol–water partition coefficient (Wildman–Crippen LogP) is 6.12. The van der Waals surface area contributed by atoms with Gasteiger partial charge in [-0.05, 0) is 46.0 Å². The maximum atomic E-state index is 12.4. The molecule has 0 aromatic rings. The zero-order chi connectivity index (χ0) is 27.2. The van der Waals surface area contributed by atoms with Gasteiger partial charge in [0.05, 0.1) is 46.1 Å². The number of hydrogen-bond donors (Lipinski definition) is 1. The van der Waals surface area contributed by atoms with Gasteiger partial charge in [-0.25, -0.2) is 0 Å². The average Bonchev–Trinajstić information content (AvgIpc) is 2.78. The smallest absolute Gasteiger partial charge is 0.309 e. The van der Waals surface area contributed by atoms with Gasteiger partial charge in [-0.3, -0.25) is 14.4 Å². The molecule has 0 heterocycles. The van der Waals surface area contributed by atoms with Gasteiger partial charge in [0.1, 0.15) is 11.6 Å². The molecule has 0 fully saturated rings. The molecule has 1 atom stereocenters. The number of ether oxygens (including phenoxy) is 1. The number of carbonyl (C=O) groups is 4. The van der Waals surface area contributed by atoms with E-state index in [0.717, 1.165) is 62.5 Å². The first-order chi connectivity index (χ1) is 17.1. The van der Waals surface area contributed by atoms with Crippen LogP contribution in [0.5, 0.6) is 0 Å². The van der Waals surface area contributed by atoms with Crippen LogP contribution in [0.4, 0.5) is 0 Å². The van der Waals surface area contributed by atoms with Gasteiger partial charge >= 0.3 is 11.9 Å².